The van der Waals surface area contributed by atoms with Crippen LogP contribution in [0.2, 0.25) is 0 Å². The molecule has 2 rings (SSSR count). The van der Waals surface area contributed by atoms with Crippen molar-refractivity contribution in [3.05, 3.63) is 29.3 Å². The van der Waals surface area contributed by atoms with E-state index in [-0.39, 0.29) is 0 Å². The van der Waals surface area contributed by atoms with E-state index in [9.17, 15) is 0 Å². The van der Waals surface area contributed by atoms with Gasteiger partial charge in [0.2, 0.25) is 0 Å². The fourth-order valence-corrected chi connectivity index (χ4v) is 2.28. The van der Waals surface area contributed by atoms with Crippen LogP contribution in [0.4, 0.5) is 5.69 Å². The van der Waals surface area contributed by atoms with E-state index >= 15 is 0 Å². The molecule has 2 nitrogen and oxygen atoms in total. The maximum absolute atomic E-state index is 5.83. The molecule has 0 saturated heterocycles. The third-order valence-electron chi connectivity index (χ3n) is 4.03. The standard InChI is InChI=1S/C15H24N2/c1-11(15(2,3)4)8-17-9-12-5-6-14(16)7-13(12)10-17/h5-7,11H,8-10,16H2,1-4H3. The first-order chi connectivity index (χ1) is 7.86. The Labute approximate surface area is 105 Å². The van der Waals surface area contributed by atoms with Crippen molar-refractivity contribution in [3.63, 3.8) is 0 Å². The van der Waals surface area contributed by atoms with Gasteiger partial charge in [0.1, 0.15) is 0 Å². The van der Waals surface area contributed by atoms with Crippen LogP contribution in [-0.2, 0) is 13.1 Å². The highest BCUT2D eigenvalue weighted by atomic mass is 15.1. The zero-order chi connectivity index (χ0) is 12.6. The fraction of sp³-hybridized carbons (Fsp3) is 0.600. The predicted molar refractivity (Wildman–Crippen MR) is 73.6 cm³/mol. The summed E-state index contributed by atoms with van der Waals surface area (Å²) >= 11 is 0. The molecule has 0 aromatic heterocycles. The topological polar surface area (TPSA) is 29.3 Å². The van der Waals surface area contributed by atoms with Gasteiger partial charge in [0.15, 0.2) is 0 Å². The Morgan fingerprint density at radius 3 is 2.53 bits per heavy atom. The van der Waals surface area contributed by atoms with Gasteiger partial charge in [-0.3, -0.25) is 4.90 Å². The fourth-order valence-electron chi connectivity index (χ4n) is 2.28. The van der Waals surface area contributed by atoms with Gasteiger partial charge in [0, 0.05) is 25.3 Å². The highest BCUT2D eigenvalue weighted by Crippen LogP contribution is 2.30. The van der Waals surface area contributed by atoms with Crippen molar-refractivity contribution >= 4 is 5.69 Å². The van der Waals surface area contributed by atoms with E-state index in [0.717, 1.165) is 25.3 Å². The summed E-state index contributed by atoms with van der Waals surface area (Å²) in [5.74, 6) is 0.703. The molecule has 1 aromatic carbocycles. The molecule has 94 valence electrons. The summed E-state index contributed by atoms with van der Waals surface area (Å²) in [6, 6.07) is 6.30. The third kappa shape index (κ3) is 2.81. The van der Waals surface area contributed by atoms with Crippen LogP contribution in [0.1, 0.15) is 38.8 Å². The van der Waals surface area contributed by atoms with Gasteiger partial charge >= 0.3 is 0 Å². The summed E-state index contributed by atoms with van der Waals surface area (Å²) in [6.07, 6.45) is 0. The summed E-state index contributed by atoms with van der Waals surface area (Å²) in [5.41, 5.74) is 9.95. The van der Waals surface area contributed by atoms with Crippen LogP contribution >= 0.6 is 0 Å². The molecule has 1 aromatic rings. The monoisotopic (exact) mass is 232 g/mol. The van der Waals surface area contributed by atoms with Gasteiger partial charge in [-0.15, -0.1) is 0 Å². The van der Waals surface area contributed by atoms with E-state index in [0.29, 0.717) is 11.3 Å². The van der Waals surface area contributed by atoms with Gasteiger partial charge in [-0.05, 0) is 34.6 Å². The lowest BCUT2D eigenvalue weighted by Gasteiger charge is -2.31. The molecular formula is C15H24N2. The average Bonchev–Trinajstić information content (AvgIpc) is 2.57. The number of benzene rings is 1. The minimum Gasteiger partial charge on any atom is -0.399 e. The van der Waals surface area contributed by atoms with Crippen LogP contribution in [0.25, 0.3) is 0 Å². The Kier molecular flexibility index (Phi) is 3.17. The maximum atomic E-state index is 5.83. The number of anilines is 1. The second-order valence-corrected chi connectivity index (χ2v) is 6.46. The molecular weight excluding hydrogens is 208 g/mol. The molecule has 0 bridgehead atoms. The van der Waals surface area contributed by atoms with Crippen molar-refractivity contribution in [2.24, 2.45) is 11.3 Å². The molecule has 17 heavy (non-hydrogen) atoms. The second-order valence-electron chi connectivity index (χ2n) is 6.46. The number of nitrogen functional groups attached to an aromatic ring is 1. The average molecular weight is 232 g/mol. The minimum atomic E-state index is 0.383. The Hall–Kier alpha value is -1.02. The van der Waals surface area contributed by atoms with E-state index in [1.807, 2.05) is 6.07 Å². The number of nitrogens with two attached hydrogens (primary N) is 1. The number of fused-ring (bicyclic) bond motifs is 1. The Morgan fingerprint density at radius 2 is 1.88 bits per heavy atom. The zero-order valence-electron chi connectivity index (χ0n) is 11.5. The molecule has 1 heterocycles. The lowest BCUT2D eigenvalue weighted by atomic mass is 9.82. The van der Waals surface area contributed by atoms with E-state index in [4.69, 9.17) is 5.73 Å². The van der Waals surface area contributed by atoms with Crippen LogP contribution in [0.15, 0.2) is 18.2 Å². The molecule has 0 aliphatic carbocycles. The van der Waals surface area contributed by atoms with E-state index < -0.39 is 0 Å². The number of nitrogens with zero attached hydrogens (tertiary/aromatic N) is 1. The first-order valence-electron chi connectivity index (χ1n) is 6.46. The number of hydrogen-bond acceptors (Lipinski definition) is 2. The van der Waals surface area contributed by atoms with Crippen molar-refractivity contribution in [2.75, 3.05) is 12.3 Å². The molecule has 0 amide bonds. The van der Waals surface area contributed by atoms with Crippen molar-refractivity contribution in [3.8, 4) is 0 Å². The molecule has 2 heteroatoms. The van der Waals surface area contributed by atoms with Gasteiger partial charge < -0.3 is 5.73 Å². The highest BCUT2D eigenvalue weighted by molar-refractivity contribution is 5.46. The first-order valence-corrected chi connectivity index (χ1v) is 6.46. The van der Waals surface area contributed by atoms with Crippen LogP contribution in [0.5, 0.6) is 0 Å². The lowest BCUT2D eigenvalue weighted by molar-refractivity contribution is 0.161. The van der Waals surface area contributed by atoms with E-state index in [2.05, 4.69) is 44.7 Å². The zero-order valence-corrected chi connectivity index (χ0v) is 11.5. The summed E-state index contributed by atoms with van der Waals surface area (Å²) in [5, 5.41) is 0. The van der Waals surface area contributed by atoms with Crippen molar-refractivity contribution in [1.82, 2.24) is 4.90 Å². The SMILES string of the molecule is CC(CN1Cc2ccc(N)cc2C1)C(C)(C)C. The van der Waals surface area contributed by atoms with Crippen LogP contribution in [0.3, 0.4) is 0 Å². The largest absolute Gasteiger partial charge is 0.399 e. The molecule has 1 unspecified atom stereocenters. The van der Waals surface area contributed by atoms with Crippen LogP contribution in [-0.4, -0.2) is 11.4 Å². The lowest BCUT2D eigenvalue weighted by Crippen LogP contribution is -2.30. The summed E-state index contributed by atoms with van der Waals surface area (Å²) in [6.45, 7) is 12.6. The maximum Gasteiger partial charge on any atom is 0.0317 e. The third-order valence-corrected chi connectivity index (χ3v) is 4.03. The van der Waals surface area contributed by atoms with Crippen molar-refractivity contribution in [1.29, 1.82) is 0 Å². The summed E-state index contributed by atoms with van der Waals surface area (Å²) in [7, 11) is 0. The second kappa shape index (κ2) is 4.34. The van der Waals surface area contributed by atoms with Crippen LogP contribution in [0, 0.1) is 11.3 Å². The van der Waals surface area contributed by atoms with Gasteiger partial charge in [0.05, 0.1) is 0 Å². The van der Waals surface area contributed by atoms with Crippen molar-refractivity contribution in [2.45, 2.75) is 40.8 Å². The molecule has 0 radical (unpaired) electrons. The smallest absolute Gasteiger partial charge is 0.0317 e. The molecule has 0 spiro atoms. The van der Waals surface area contributed by atoms with Crippen LogP contribution < -0.4 is 5.73 Å². The minimum absolute atomic E-state index is 0.383. The highest BCUT2D eigenvalue weighted by Gasteiger charge is 2.25. The summed E-state index contributed by atoms with van der Waals surface area (Å²) in [4.78, 5) is 2.53. The number of rotatable bonds is 2. The Bertz CT molecular complexity index is 404. The normalized spacial score (nSPS) is 18.1. The number of hydrogen-bond donors (Lipinski definition) is 1. The molecule has 0 saturated carbocycles. The molecule has 1 aliphatic heterocycles. The molecule has 2 N–H and O–H groups in total. The van der Waals surface area contributed by atoms with Gasteiger partial charge in [-0.25, -0.2) is 0 Å². The van der Waals surface area contributed by atoms with Gasteiger partial charge in [-0.2, -0.15) is 0 Å². The summed E-state index contributed by atoms with van der Waals surface area (Å²) < 4.78 is 0. The van der Waals surface area contributed by atoms with Gasteiger partial charge in [0.25, 0.3) is 0 Å². The van der Waals surface area contributed by atoms with Gasteiger partial charge in [-0.1, -0.05) is 33.8 Å². The van der Waals surface area contributed by atoms with E-state index in [1.165, 1.54) is 11.1 Å². The first kappa shape index (κ1) is 12.4. The molecule has 1 aliphatic rings. The molecule has 0 fully saturated rings. The Balaban J connectivity index is 2.01. The quantitative estimate of drug-likeness (QED) is 0.793. The van der Waals surface area contributed by atoms with E-state index in [1.54, 1.807) is 0 Å². The van der Waals surface area contributed by atoms with Crippen molar-refractivity contribution < 1.29 is 0 Å². The predicted octanol–water partition coefficient (Wildman–Crippen LogP) is 3.27. The Morgan fingerprint density at radius 1 is 1.24 bits per heavy atom. The molecule has 1 atom stereocenters.